The summed E-state index contributed by atoms with van der Waals surface area (Å²) in [5, 5.41) is 21.1. The van der Waals surface area contributed by atoms with Gasteiger partial charge in [-0.15, -0.1) is 16.5 Å². The number of fused-ring (bicyclic) bond motifs is 1. The van der Waals surface area contributed by atoms with E-state index >= 15 is 0 Å². The van der Waals surface area contributed by atoms with Crippen LogP contribution in [0.4, 0.5) is 11.4 Å². The SMILES string of the molecule is C/C(O)=C(\N=Nc1ccc(-c2nc3ccc(C)c(S(=O)(=O)O)c3s2)cc1)C(=O)Nc1ccccc1. The Morgan fingerprint density at radius 2 is 1.71 bits per heavy atom. The number of benzene rings is 3. The first kappa shape index (κ1) is 24.2. The molecule has 3 aromatic carbocycles. The van der Waals surface area contributed by atoms with Crippen LogP contribution < -0.4 is 5.32 Å². The van der Waals surface area contributed by atoms with Crippen LogP contribution in [-0.2, 0) is 14.9 Å². The van der Waals surface area contributed by atoms with Crippen LogP contribution in [0.1, 0.15) is 12.5 Å². The third-order valence-electron chi connectivity index (χ3n) is 4.94. The first-order valence-corrected chi connectivity index (χ1v) is 12.5. The molecule has 0 bridgehead atoms. The molecule has 0 aliphatic carbocycles. The van der Waals surface area contributed by atoms with E-state index in [9.17, 15) is 22.9 Å². The van der Waals surface area contributed by atoms with E-state index in [1.807, 2.05) is 6.07 Å². The predicted molar refractivity (Wildman–Crippen MR) is 135 cm³/mol. The lowest BCUT2D eigenvalue weighted by atomic mass is 10.2. The lowest BCUT2D eigenvalue weighted by Crippen LogP contribution is -2.14. The van der Waals surface area contributed by atoms with Crippen LogP contribution in [-0.4, -0.2) is 29.0 Å². The number of para-hydroxylation sites is 1. The molecule has 11 heteroatoms. The number of allylic oxidation sites excluding steroid dienone is 1. The molecule has 1 aromatic heterocycles. The summed E-state index contributed by atoms with van der Waals surface area (Å²) in [6.45, 7) is 2.95. The molecule has 0 aliphatic heterocycles. The maximum Gasteiger partial charge on any atom is 0.296 e. The van der Waals surface area contributed by atoms with Crippen molar-refractivity contribution in [2.24, 2.45) is 10.2 Å². The number of aryl methyl sites for hydroxylation is 1. The first-order chi connectivity index (χ1) is 16.6. The van der Waals surface area contributed by atoms with Crippen LogP contribution in [0.5, 0.6) is 0 Å². The number of hydrogen-bond acceptors (Lipinski definition) is 8. The lowest BCUT2D eigenvalue weighted by Gasteiger charge is -2.05. The van der Waals surface area contributed by atoms with E-state index in [0.29, 0.717) is 37.7 Å². The number of anilines is 1. The molecule has 1 heterocycles. The monoisotopic (exact) mass is 508 g/mol. The number of carbonyl (C=O) groups is 1. The number of amides is 1. The summed E-state index contributed by atoms with van der Waals surface area (Å²) in [4.78, 5) is 16.8. The zero-order chi connectivity index (χ0) is 25.2. The average Bonchev–Trinajstić information content (AvgIpc) is 3.23. The Kier molecular flexibility index (Phi) is 6.74. The van der Waals surface area contributed by atoms with Gasteiger partial charge >= 0.3 is 0 Å². The van der Waals surface area contributed by atoms with Gasteiger partial charge < -0.3 is 10.4 Å². The Labute approximate surface area is 205 Å². The average molecular weight is 509 g/mol. The Morgan fingerprint density at radius 3 is 2.34 bits per heavy atom. The van der Waals surface area contributed by atoms with Crippen LogP contribution >= 0.6 is 11.3 Å². The third-order valence-corrected chi connectivity index (χ3v) is 7.25. The number of nitrogens with zero attached hydrogens (tertiary/aromatic N) is 3. The van der Waals surface area contributed by atoms with Crippen molar-refractivity contribution in [3.63, 3.8) is 0 Å². The minimum absolute atomic E-state index is 0.142. The molecule has 0 saturated heterocycles. The van der Waals surface area contributed by atoms with E-state index in [0.717, 1.165) is 11.3 Å². The highest BCUT2D eigenvalue weighted by Gasteiger charge is 2.20. The van der Waals surface area contributed by atoms with Crippen LogP contribution in [0.15, 0.2) is 93.3 Å². The molecular formula is C24H20N4O5S2. The summed E-state index contributed by atoms with van der Waals surface area (Å²) in [6.07, 6.45) is 0. The number of carbonyl (C=O) groups excluding carboxylic acids is 1. The maximum absolute atomic E-state index is 12.5. The van der Waals surface area contributed by atoms with E-state index in [4.69, 9.17) is 0 Å². The highest BCUT2D eigenvalue weighted by atomic mass is 32.2. The van der Waals surface area contributed by atoms with E-state index in [1.54, 1.807) is 67.6 Å². The number of aliphatic hydroxyl groups is 1. The summed E-state index contributed by atoms with van der Waals surface area (Å²) in [7, 11) is -4.40. The van der Waals surface area contributed by atoms with Crippen molar-refractivity contribution in [3.05, 3.63) is 83.7 Å². The molecule has 1 amide bonds. The molecule has 4 aromatic rings. The largest absolute Gasteiger partial charge is 0.510 e. The summed E-state index contributed by atoms with van der Waals surface area (Å²) >= 11 is 1.15. The standard InChI is InChI=1S/C24H20N4O5S2/c1-14-8-13-19-21(22(14)35(31,32)33)34-24(26-19)16-9-11-18(12-10-16)27-28-20(15(2)29)23(30)25-17-6-4-3-5-7-17/h3-13,29H,1-2H3,(H,25,30)(H,31,32,33)/b20-15+,28-27?. The molecule has 9 nitrogen and oxygen atoms in total. The summed E-state index contributed by atoms with van der Waals surface area (Å²) < 4.78 is 33.7. The Morgan fingerprint density at radius 1 is 1.03 bits per heavy atom. The van der Waals surface area contributed by atoms with Crippen LogP contribution in [0, 0.1) is 6.92 Å². The van der Waals surface area contributed by atoms with Crippen molar-refractivity contribution in [2.75, 3.05) is 5.32 Å². The Balaban J connectivity index is 1.57. The van der Waals surface area contributed by atoms with E-state index in [1.165, 1.54) is 6.92 Å². The van der Waals surface area contributed by atoms with Gasteiger partial charge in [0.05, 0.1) is 15.9 Å². The Hall–Kier alpha value is -3.93. The van der Waals surface area contributed by atoms with E-state index < -0.39 is 16.0 Å². The van der Waals surface area contributed by atoms with Crippen LogP contribution in [0.2, 0.25) is 0 Å². The zero-order valence-corrected chi connectivity index (χ0v) is 20.3. The van der Waals surface area contributed by atoms with Crippen molar-refractivity contribution in [3.8, 4) is 10.6 Å². The fraction of sp³-hybridized carbons (Fsp3) is 0.0833. The fourth-order valence-electron chi connectivity index (χ4n) is 3.28. The predicted octanol–water partition coefficient (Wildman–Crippen LogP) is 6.03. The van der Waals surface area contributed by atoms with Crippen LogP contribution in [0.25, 0.3) is 20.8 Å². The van der Waals surface area contributed by atoms with Crippen LogP contribution in [0.3, 0.4) is 0 Å². The second-order valence-corrected chi connectivity index (χ2v) is 9.91. The van der Waals surface area contributed by atoms with Gasteiger partial charge in [-0.3, -0.25) is 9.35 Å². The first-order valence-electron chi connectivity index (χ1n) is 10.3. The second kappa shape index (κ2) is 9.74. The molecule has 0 spiro atoms. The van der Waals surface area contributed by atoms with Gasteiger partial charge in [-0.25, -0.2) is 4.98 Å². The molecule has 0 radical (unpaired) electrons. The summed E-state index contributed by atoms with van der Waals surface area (Å²) in [6, 6.07) is 18.8. The topological polar surface area (TPSA) is 141 Å². The maximum atomic E-state index is 12.5. The smallest absolute Gasteiger partial charge is 0.296 e. The van der Waals surface area contributed by atoms with Gasteiger partial charge in [-0.05, 0) is 61.9 Å². The molecule has 35 heavy (non-hydrogen) atoms. The minimum Gasteiger partial charge on any atom is -0.510 e. The highest BCUT2D eigenvalue weighted by Crippen LogP contribution is 2.36. The summed E-state index contributed by atoms with van der Waals surface area (Å²) in [5.41, 5.74) is 2.36. The van der Waals surface area contributed by atoms with Crippen molar-refractivity contribution < 1.29 is 22.9 Å². The number of hydrogen-bond donors (Lipinski definition) is 3. The minimum atomic E-state index is -4.40. The number of rotatable bonds is 6. The molecular weight excluding hydrogens is 488 g/mol. The number of thiazole rings is 1. The number of azo groups is 1. The third kappa shape index (κ3) is 5.43. The molecule has 0 saturated carbocycles. The van der Waals surface area contributed by atoms with Gasteiger partial charge in [0.15, 0.2) is 5.70 Å². The van der Waals surface area contributed by atoms with Crippen molar-refractivity contribution in [2.45, 2.75) is 18.7 Å². The molecule has 0 aliphatic rings. The van der Waals surface area contributed by atoms with Gasteiger partial charge in [0.1, 0.15) is 15.7 Å². The molecule has 0 fully saturated rings. The number of aromatic nitrogens is 1. The molecule has 4 rings (SSSR count). The normalized spacial score (nSPS) is 12.7. The summed E-state index contributed by atoms with van der Waals surface area (Å²) in [5.74, 6) is -0.880. The van der Waals surface area contributed by atoms with Gasteiger partial charge in [0.25, 0.3) is 16.0 Å². The second-order valence-electron chi connectivity index (χ2n) is 7.55. The van der Waals surface area contributed by atoms with Crippen molar-refractivity contribution >= 4 is 49.0 Å². The Bertz CT molecular complexity index is 1570. The lowest BCUT2D eigenvalue weighted by molar-refractivity contribution is -0.113. The molecule has 178 valence electrons. The fourth-order valence-corrected chi connectivity index (χ4v) is 5.60. The zero-order valence-electron chi connectivity index (χ0n) is 18.6. The molecule has 0 atom stereocenters. The van der Waals surface area contributed by atoms with Crippen molar-refractivity contribution in [1.29, 1.82) is 0 Å². The molecule has 0 unspecified atom stereocenters. The van der Waals surface area contributed by atoms with Gasteiger partial charge in [0, 0.05) is 11.3 Å². The van der Waals surface area contributed by atoms with Gasteiger partial charge in [0.2, 0.25) is 0 Å². The quantitative estimate of drug-likeness (QED) is 0.126. The van der Waals surface area contributed by atoms with Gasteiger partial charge in [-0.1, -0.05) is 24.3 Å². The molecule has 3 N–H and O–H groups in total. The number of nitrogens with one attached hydrogen (secondary N) is 1. The van der Waals surface area contributed by atoms with Gasteiger partial charge in [-0.2, -0.15) is 13.5 Å². The van der Waals surface area contributed by atoms with E-state index in [2.05, 4.69) is 20.5 Å². The van der Waals surface area contributed by atoms with Crippen molar-refractivity contribution in [1.82, 2.24) is 4.98 Å². The number of aliphatic hydroxyl groups excluding tert-OH is 1. The van der Waals surface area contributed by atoms with E-state index in [-0.39, 0.29) is 16.4 Å². The highest BCUT2D eigenvalue weighted by molar-refractivity contribution is 7.86.